The number of nitrogens with zero attached hydrogens (tertiary/aromatic N) is 1. The number of carbonyl (C=O) groups excluding carboxylic acids is 1. The summed E-state index contributed by atoms with van der Waals surface area (Å²) in [5, 5.41) is 12.1. The van der Waals surface area contributed by atoms with Crippen LogP contribution in [-0.2, 0) is 11.3 Å². The summed E-state index contributed by atoms with van der Waals surface area (Å²) in [5.41, 5.74) is 1.74. The smallest absolute Gasteiger partial charge is 0.262 e. The number of amides is 1. The van der Waals surface area contributed by atoms with Gasteiger partial charge in [0.25, 0.3) is 5.91 Å². The van der Waals surface area contributed by atoms with Gasteiger partial charge in [-0.3, -0.25) is 4.79 Å². The summed E-state index contributed by atoms with van der Waals surface area (Å²) >= 11 is 0. The Morgan fingerprint density at radius 1 is 0.906 bits per heavy atom. The Balaban J connectivity index is 1.49. The van der Waals surface area contributed by atoms with Crippen molar-refractivity contribution in [2.24, 2.45) is 0 Å². The molecule has 3 aromatic rings. The van der Waals surface area contributed by atoms with Crippen LogP contribution in [0.25, 0.3) is 6.08 Å². The third kappa shape index (κ3) is 6.64. The Hall–Kier alpha value is -4.24. The van der Waals surface area contributed by atoms with Crippen molar-refractivity contribution in [3.05, 3.63) is 95.6 Å². The second kappa shape index (κ2) is 11.8. The van der Waals surface area contributed by atoms with Gasteiger partial charge in [-0.25, -0.2) is 0 Å². The number of ether oxygens (including phenoxy) is 3. The molecule has 1 N–H and O–H groups in total. The molecule has 0 fully saturated rings. The van der Waals surface area contributed by atoms with Gasteiger partial charge in [-0.1, -0.05) is 54.6 Å². The SMILES string of the molecule is COc1ccccc1OCCOc1ccc(/C=C(\C#N)C(=O)NCc2ccccc2)cc1. The summed E-state index contributed by atoms with van der Waals surface area (Å²) < 4.78 is 16.6. The van der Waals surface area contributed by atoms with E-state index in [2.05, 4.69) is 5.32 Å². The maximum absolute atomic E-state index is 12.3. The molecule has 3 aromatic carbocycles. The average Bonchev–Trinajstić information content (AvgIpc) is 2.85. The third-order valence-corrected chi connectivity index (χ3v) is 4.53. The van der Waals surface area contributed by atoms with Gasteiger partial charge in [0.1, 0.15) is 30.6 Å². The van der Waals surface area contributed by atoms with Gasteiger partial charge in [0.15, 0.2) is 11.5 Å². The number of methoxy groups -OCH3 is 1. The first-order chi connectivity index (χ1) is 15.7. The van der Waals surface area contributed by atoms with Crippen molar-refractivity contribution in [2.75, 3.05) is 20.3 Å². The van der Waals surface area contributed by atoms with E-state index in [-0.39, 0.29) is 5.57 Å². The van der Waals surface area contributed by atoms with Crippen LogP contribution in [-0.4, -0.2) is 26.2 Å². The van der Waals surface area contributed by atoms with Crippen molar-refractivity contribution < 1.29 is 19.0 Å². The molecule has 0 aromatic heterocycles. The van der Waals surface area contributed by atoms with E-state index in [1.54, 1.807) is 37.5 Å². The zero-order chi connectivity index (χ0) is 22.6. The molecule has 1 amide bonds. The van der Waals surface area contributed by atoms with Gasteiger partial charge < -0.3 is 19.5 Å². The van der Waals surface area contributed by atoms with Crippen molar-refractivity contribution in [3.8, 4) is 23.3 Å². The molecule has 0 saturated heterocycles. The van der Waals surface area contributed by atoms with E-state index in [1.807, 2.05) is 60.7 Å². The molecule has 32 heavy (non-hydrogen) atoms. The molecule has 162 valence electrons. The van der Waals surface area contributed by atoms with Gasteiger partial charge in [0.05, 0.1) is 7.11 Å². The fourth-order valence-electron chi connectivity index (χ4n) is 2.90. The van der Waals surface area contributed by atoms with E-state index in [4.69, 9.17) is 14.2 Å². The van der Waals surface area contributed by atoms with E-state index in [9.17, 15) is 10.1 Å². The molecular weight excluding hydrogens is 404 g/mol. The molecule has 0 atom stereocenters. The molecule has 0 aliphatic carbocycles. The summed E-state index contributed by atoms with van der Waals surface area (Å²) in [4.78, 5) is 12.3. The first-order valence-corrected chi connectivity index (χ1v) is 10.1. The van der Waals surface area contributed by atoms with Gasteiger partial charge in [0, 0.05) is 6.54 Å². The fourth-order valence-corrected chi connectivity index (χ4v) is 2.90. The van der Waals surface area contributed by atoms with Crippen LogP contribution >= 0.6 is 0 Å². The fraction of sp³-hybridized carbons (Fsp3) is 0.154. The Morgan fingerprint density at radius 2 is 1.56 bits per heavy atom. The van der Waals surface area contributed by atoms with E-state index < -0.39 is 5.91 Å². The first-order valence-electron chi connectivity index (χ1n) is 10.1. The molecule has 0 unspecified atom stereocenters. The third-order valence-electron chi connectivity index (χ3n) is 4.53. The molecule has 0 saturated carbocycles. The highest BCUT2D eigenvalue weighted by molar-refractivity contribution is 6.01. The second-order valence-corrected chi connectivity index (χ2v) is 6.75. The minimum Gasteiger partial charge on any atom is -0.493 e. The molecule has 3 rings (SSSR count). The van der Waals surface area contributed by atoms with Gasteiger partial charge in [-0.2, -0.15) is 5.26 Å². The minimum absolute atomic E-state index is 0.0415. The molecule has 0 radical (unpaired) electrons. The van der Waals surface area contributed by atoms with Crippen LogP contribution in [0.4, 0.5) is 0 Å². The standard InChI is InChI=1S/C26H24N2O4/c1-30-24-9-5-6-10-25(24)32-16-15-31-23-13-11-20(12-14-23)17-22(18-27)26(29)28-19-21-7-3-2-4-8-21/h2-14,17H,15-16,19H2,1H3,(H,28,29)/b22-17+. The number of rotatable bonds is 10. The maximum Gasteiger partial charge on any atom is 0.262 e. The number of nitrogens with one attached hydrogen (secondary N) is 1. The predicted molar refractivity (Wildman–Crippen MR) is 122 cm³/mol. The van der Waals surface area contributed by atoms with Crippen LogP contribution in [0, 0.1) is 11.3 Å². The normalized spacial score (nSPS) is 10.7. The zero-order valence-corrected chi connectivity index (χ0v) is 17.8. The van der Waals surface area contributed by atoms with Crippen LogP contribution < -0.4 is 19.5 Å². The molecule has 6 heteroatoms. The van der Waals surface area contributed by atoms with Crippen LogP contribution in [0.2, 0.25) is 0 Å². The van der Waals surface area contributed by atoms with Gasteiger partial charge in [0.2, 0.25) is 0 Å². The summed E-state index contributed by atoms with van der Waals surface area (Å²) in [7, 11) is 1.60. The quantitative estimate of drug-likeness (QED) is 0.295. The monoisotopic (exact) mass is 428 g/mol. The molecule has 0 aliphatic heterocycles. The highest BCUT2D eigenvalue weighted by Gasteiger charge is 2.09. The van der Waals surface area contributed by atoms with Gasteiger partial charge >= 0.3 is 0 Å². The van der Waals surface area contributed by atoms with Crippen LogP contribution in [0.3, 0.4) is 0 Å². The number of benzene rings is 3. The summed E-state index contributed by atoms with van der Waals surface area (Å²) in [6, 6.07) is 26.1. The topological polar surface area (TPSA) is 80.6 Å². The minimum atomic E-state index is -0.412. The molecule has 0 bridgehead atoms. The Labute approximate surface area is 187 Å². The van der Waals surface area contributed by atoms with E-state index >= 15 is 0 Å². The summed E-state index contributed by atoms with van der Waals surface area (Å²) in [6.07, 6.45) is 1.55. The Morgan fingerprint density at radius 3 is 2.25 bits per heavy atom. The lowest BCUT2D eigenvalue weighted by atomic mass is 10.1. The van der Waals surface area contributed by atoms with E-state index in [0.29, 0.717) is 37.0 Å². The number of nitriles is 1. The largest absolute Gasteiger partial charge is 0.493 e. The molecular formula is C26H24N2O4. The Kier molecular flexibility index (Phi) is 8.29. The molecule has 0 heterocycles. The molecule has 0 spiro atoms. The number of hydrogen-bond acceptors (Lipinski definition) is 5. The van der Waals surface area contributed by atoms with Crippen molar-refractivity contribution in [3.63, 3.8) is 0 Å². The molecule has 6 nitrogen and oxygen atoms in total. The lowest BCUT2D eigenvalue weighted by molar-refractivity contribution is -0.117. The highest BCUT2D eigenvalue weighted by Crippen LogP contribution is 2.25. The lowest BCUT2D eigenvalue weighted by Gasteiger charge is -2.11. The summed E-state index contributed by atoms with van der Waals surface area (Å²) in [5.74, 6) is 1.58. The predicted octanol–water partition coefficient (Wildman–Crippen LogP) is 4.38. The second-order valence-electron chi connectivity index (χ2n) is 6.75. The summed E-state index contributed by atoms with van der Waals surface area (Å²) in [6.45, 7) is 1.09. The first kappa shape index (κ1) is 22.4. The van der Waals surface area contributed by atoms with Crippen LogP contribution in [0.5, 0.6) is 17.2 Å². The van der Waals surface area contributed by atoms with Crippen LogP contribution in [0.15, 0.2) is 84.4 Å². The van der Waals surface area contributed by atoms with Crippen LogP contribution in [0.1, 0.15) is 11.1 Å². The lowest BCUT2D eigenvalue weighted by Crippen LogP contribution is -2.23. The van der Waals surface area contributed by atoms with Crippen molar-refractivity contribution >= 4 is 12.0 Å². The van der Waals surface area contributed by atoms with Crippen molar-refractivity contribution in [1.29, 1.82) is 5.26 Å². The number of para-hydroxylation sites is 2. The van der Waals surface area contributed by atoms with Gasteiger partial charge in [-0.05, 0) is 41.5 Å². The van der Waals surface area contributed by atoms with Gasteiger partial charge in [-0.15, -0.1) is 0 Å². The zero-order valence-electron chi connectivity index (χ0n) is 17.8. The maximum atomic E-state index is 12.3. The highest BCUT2D eigenvalue weighted by atomic mass is 16.5. The van der Waals surface area contributed by atoms with E-state index in [0.717, 1.165) is 11.1 Å². The van der Waals surface area contributed by atoms with Crippen molar-refractivity contribution in [1.82, 2.24) is 5.32 Å². The number of carbonyl (C=O) groups is 1. The average molecular weight is 428 g/mol. The molecule has 0 aliphatic rings. The number of hydrogen-bond donors (Lipinski definition) is 1. The van der Waals surface area contributed by atoms with E-state index in [1.165, 1.54) is 0 Å². The Bertz CT molecular complexity index is 1090. The van der Waals surface area contributed by atoms with Crippen molar-refractivity contribution in [2.45, 2.75) is 6.54 Å².